The summed E-state index contributed by atoms with van der Waals surface area (Å²) < 4.78 is 26.6. The van der Waals surface area contributed by atoms with Crippen LogP contribution >= 0.6 is 0 Å². The normalized spacial score (nSPS) is 14.2. The van der Waals surface area contributed by atoms with Crippen molar-refractivity contribution in [3.8, 4) is 6.07 Å². The molecular weight excluding hydrogens is 280 g/mol. The number of rotatable bonds is 6. The first kappa shape index (κ1) is 16.1. The highest BCUT2D eigenvalue weighted by atomic mass is 32.2. The molecule has 0 heterocycles. The third-order valence-electron chi connectivity index (χ3n) is 3.06. The van der Waals surface area contributed by atoms with Crippen LogP contribution < -0.4 is 4.72 Å². The topological polar surface area (TPSA) is 107 Å². The Labute approximate surface area is 118 Å². The van der Waals surface area contributed by atoms with Crippen molar-refractivity contribution in [2.45, 2.75) is 31.2 Å². The van der Waals surface area contributed by atoms with E-state index in [-0.39, 0.29) is 16.4 Å². The molecule has 108 valence electrons. The first-order chi connectivity index (χ1) is 9.33. The molecule has 0 aliphatic heterocycles. The minimum absolute atomic E-state index is 0.0201. The van der Waals surface area contributed by atoms with E-state index in [9.17, 15) is 13.2 Å². The molecule has 0 bridgehead atoms. The number of benzene rings is 1. The predicted molar refractivity (Wildman–Crippen MR) is 72.4 cm³/mol. The quantitative estimate of drug-likeness (QED) is 0.823. The van der Waals surface area contributed by atoms with Crippen LogP contribution in [0.15, 0.2) is 29.2 Å². The average Bonchev–Trinajstić information content (AvgIpc) is 2.43. The van der Waals surface area contributed by atoms with Crippen LogP contribution in [0.25, 0.3) is 0 Å². The lowest BCUT2D eigenvalue weighted by atomic mass is 10.0. The third-order valence-corrected chi connectivity index (χ3v) is 4.56. The summed E-state index contributed by atoms with van der Waals surface area (Å²) in [6.45, 7) is 3.43. The number of carbonyl (C=O) groups is 1. The largest absolute Gasteiger partial charge is 0.480 e. The Balaban J connectivity index is 3.17. The van der Waals surface area contributed by atoms with Gasteiger partial charge in [0.1, 0.15) is 12.1 Å². The number of hydrogen-bond donors (Lipinski definition) is 2. The number of sulfonamides is 1. The monoisotopic (exact) mass is 296 g/mol. The summed E-state index contributed by atoms with van der Waals surface area (Å²) in [4.78, 5) is 11.0. The van der Waals surface area contributed by atoms with Gasteiger partial charge in [-0.2, -0.15) is 9.98 Å². The zero-order valence-electron chi connectivity index (χ0n) is 11.2. The van der Waals surface area contributed by atoms with Crippen molar-refractivity contribution in [2.75, 3.05) is 0 Å². The molecule has 0 aliphatic rings. The molecule has 0 aromatic heterocycles. The van der Waals surface area contributed by atoms with Crippen LogP contribution in [0.3, 0.4) is 0 Å². The van der Waals surface area contributed by atoms with Gasteiger partial charge in [0.2, 0.25) is 10.0 Å². The molecule has 1 aromatic rings. The van der Waals surface area contributed by atoms with E-state index in [0.29, 0.717) is 6.42 Å². The zero-order valence-corrected chi connectivity index (χ0v) is 12.0. The highest BCUT2D eigenvalue weighted by Crippen LogP contribution is 2.17. The van der Waals surface area contributed by atoms with Crippen LogP contribution in [-0.4, -0.2) is 25.5 Å². The second-order valence-corrected chi connectivity index (χ2v) is 6.11. The number of carboxylic acid groups (broad SMARTS) is 1. The van der Waals surface area contributed by atoms with E-state index in [1.807, 2.05) is 0 Å². The summed E-state index contributed by atoms with van der Waals surface area (Å²) in [6, 6.07) is 6.22. The maximum atomic E-state index is 12.2. The molecule has 6 nitrogen and oxygen atoms in total. The van der Waals surface area contributed by atoms with Crippen LogP contribution in [0.4, 0.5) is 0 Å². The highest BCUT2D eigenvalue weighted by Gasteiger charge is 2.30. The van der Waals surface area contributed by atoms with Crippen molar-refractivity contribution in [3.63, 3.8) is 0 Å². The Morgan fingerprint density at radius 2 is 2.05 bits per heavy atom. The van der Waals surface area contributed by atoms with Gasteiger partial charge in [0.15, 0.2) is 0 Å². The van der Waals surface area contributed by atoms with Gasteiger partial charge in [-0.3, -0.25) is 4.79 Å². The van der Waals surface area contributed by atoms with Crippen molar-refractivity contribution in [1.29, 1.82) is 5.26 Å². The van der Waals surface area contributed by atoms with E-state index in [1.165, 1.54) is 18.2 Å². The predicted octanol–water partition coefficient (Wildman–Crippen LogP) is 1.34. The smallest absolute Gasteiger partial charge is 0.322 e. The van der Waals surface area contributed by atoms with Crippen molar-refractivity contribution in [1.82, 2.24) is 4.72 Å². The van der Waals surface area contributed by atoms with Crippen LogP contribution in [-0.2, 0) is 14.8 Å². The molecule has 0 saturated carbocycles. The zero-order chi connectivity index (χ0) is 15.3. The minimum Gasteiger partial charge on any atom is -0.480 e. The van der Waals surface area contributed by atoms with Crippen molar-refractivity contribution >= 4 is 16.0 Å². The van der Waals surface area contributed by atoms with Crippen molar-refractivity contribution < 1.29 is 18.3 Å². The van der Waals surface area contributed by atoms with Gasteiger partial charge >= 0.3 is 5.97 Å². The first-order valence-electron chi connectivity index (χ1n) is 6.07. The SMILES string of the molecule is CCC(C)C(NS(=O)(=O)c1ccccc1C#N)C(=O)O. The maximum Gasteiger partial charge on any atom is 0.322 e. The second kappa shape index (κ2) is 6.50. The van der Waals surface area contributed by atoms with Crippen LogP contribution in [0.1, 0.15) is 25.8 Å². The molecule has 0 aliphatic carbocycles. The van der Waals surface area contributed by atoms with Crippen molar-refractivity contribution in [2.24, 2.45) is 5.92 Å². The fourth-order valence-corrected chi connectivity index (χ4v) is 3.12. The van der Waals surface area contributed by atoms with Gasteiger partial charge in [-0.25, -0.2) is 8.42 Å². The van der Waals surface area contributed by atoms with Crippen LogP contribution in [0.5, 0.6) is 0 Å². The number of nitrogens with one attached hydrogen (secondary N) is 1. The molecular formula is C13H16N2O4S. The Kier molecular flexibility index (Phi) is 5.25. The highest BCUT2D eigenvalue weighted by molar-refractivity contribution is 7.89. The van der Waals surface area contributed by atoms with E-state index in [1.54, 1.807) is 26.0 Å². The second-order valence-electron chi connectivity index (χ2n) is 4.43. The summed E-state index contributed by atoms with van der Waals surface area (Å²) in [7, 11) is -4.06. The Hall–Kier alpha value is -1.91. The Morgan fingerprint density at radius 1 is 1.45 bits per heavy atom. The number of carboxylic acids is 1. The molecule has 0 amide bonds. The summed E-state index contributed by atoms with van der Waals surface area (Å²) in [5, 5.41) is 18.0. The Morgan fingerprint density at radius 3 is 2.55 bits per heavy atom. The number of nitrogens with zero attached hydrogens (tertiary/aromatic N) is 1. The maximum absolute atomic E-state index is 12.2. The van der Waals surface area contributed by atoms with Gasteiger partial charge in [0.25, 0.3) is 0 Å². The molecule has 0 fully saturated rings. The van der Waals surface area contributed by atoms with Gasteiger partial charge in [0.05, 0.1) is 10.5 Å². The number of hydrogen-bond acceptors (Lipinski definition) is 4. The fourth-order valence-electron chi connectivity index (χ4n) is 1.67. The number of nitriles is 1. The standard InChI is InChI=1S/C13H16N2O4S/c1-3-9(2)12(13(16)17)15-20(18,19)11-7-5-4-6-10(11)8-14/h4-7,9,12,15H,3H2,1-2H3,(H,16,17). The van der Waals surface area contributed by atoms with Gasteiger partial charge in [-0.1, -0.05) is 32.4 Å². The van der Waals surface area contributed by atoms with Crippen LogP contribution in [0, 0.1) is 17.2 Å². The molecule has 1 rings (SSSR count). The van der Waals surface area contributed by atoms with E-state index in [0.717, 1.165) is 0 Å². The van der Waals surface area contributed by atoms with E-state index in [4.69, 9.17) is 10.4 Å². The molecule has 7 heteroatoms. The molecule has 2 atom stereocenters. The molecule has 2 unspecified atom stereocenters. The molecule has 0 radical (unpaired) electrons. The van der Waals surface area contributed by atoms with E-state index in [2.05, 4.69) is 4.72 Å². The first-order valence-corrected chi connectivity index (χ1v) is 7.56. The summed E-state index contributed by atoms with van der Waals surface area (Å²) >= 11 is 0. The molecule has 2 N–H and O–H groups in total. The summed E-state index contributed by atoms with van der Waals surface area (Å²) in [6.07, 6.45) is 0.513. The van der Waals surface area contributed by atoms with E-state index >= 15 is 0 Å². The molecule has 20 heavy (non-hydrogen) atoms. The lowest BCUT2D eigenvalue weighted by molar-refractivity contribution is -0.140. The molecule has 0 saturated heterocycles. The fraction of sp³-hybridized carbons (Fsp3) is 0.385. The number of aliphatic carboxylic acids is 1. The lowest BCUT2D eigenvalue weighted by Crippen LogP contribution is -2.45. The molecule has 1 aromatic carbocycles. The van der Waals surface area contributed by atoms with Gasteiger partial charge in [0, 0.05) is 0 Å². The van der Waals surface area contributed by atoms with Gasteiger partial charge < -0.3 is 5.11 Å². The third kappa shape index (κ3) is 3.56. The van der Waals surface area contributed by atoms with E-state index < -0.39 is 22.0 Å². The minimum atomic E-state index is -4.06. The van der Waals surface area contributed by atoms with Gasteiger partial charge in [-0.05, 0) is 18.1 Å². The lowest BCUT2D eigenvalue weighted by Gasteiger charge is -2.20. The van der Waals surface area contributed by atoms with Crippen LogP contribution in [0.2, 0.25) is 0 Å². The molecule has 0 spiro atoms. The van der Waals surface area contributed by atoms with Crippen molar-refractivity contribution in [3.05, 3.63) is 29.8 Å². The summed E-state index contributed by atoms with van der Waals surface area (Å²) in [5.41, 5.74) is -0.0201. The average molecular weight is 296 g/mol. The summed E-state index contributed by atoms with van der Waals surface area (Å²) in [5.74, 6) is -1.60. The van der Waals surface area contributed by atoms with Gasteiger partial charge in [-0.15, -0.1) is 0 Å². The Bertz CT molecular complexity index is 634.